The van der Waals surface area contributed by atoms with Crippen LogP contribution in [-0.4, -0.2) is 57.0 Å². The molecule has 7 heteroatoms. The molecule has 0 aliphatic carbocycles. The topological polar surface area (TPSA) is 77.5 Å². The number of carboxylic acids is 1. The molecule has 1 fully saturated rings. The molecule has 2 aromatic rings. The van der Waals surface area contributed by atoms with Crippen LogP contribution < -0.4 is 18.9 Å². The zero-order valence-corrected chi connectivity index (χ0v) is 17.2. The molecule has 0 amide bonds. The zero-order valence-electron chi connectivity index (χ0n) is 17.2. The van der Waals surface area contributed by atoms with Crippen molar-refractivity contribution < 1.29 is 28.8 Å². The predicted molar refractivity (Wildman–Crippen MR) is 108 cm³/mol. The van der Waals surface area contributed by atoms with Crippen molar-refractivity contribution in [1.29, 1.82) is 0 Å². The number of rotatable bonds is 8. The molecule has 1 aliphatic rings. The number of carbonyl (C=O) groups is 1. The second-order valence-corrected chi connectivity index (χ2v) is 6.85. The summed E-state index contributed by atoms with van der Waals surface area (Å²) in [5, 5.41) is 9.81. The van der Waals surface area contributed by atoms with Crippen LogP contribution in [0.3, 0.4) is 0 Å². The molecule has 1 N–H and O–H groups in total. The fourth-order valence-electron chi connectivity index (χ4n) is 3.99. The fourth-order valence-corrected chi connectivity index (χ4v) is 3.99. The van der Waals surface area contributed by atoms with Gasteiger partial charge in [0.15, 0.2) is 0 Å². The van der Waals surface area contributed by atoms with Crippen molar-refractivity contribution in [3.8, 4) is 23.0 Å². The van der Waals surface area contributed by atoms with Crippen LogP contribution in [0.2, 0.25) is 0 Å². The molecule has 0 bridgehead atoms. The number of benzene rings is 2. The molecule has 0 spiro atoms. The minimum atomic E-state index is -0.832. The Morgan fingerprint density at radius 2 is 1.59 bits per heavy atom. The highest BCUT2D eigenvalue weighted by Crippen LogP contribution is 2.44. The molecular weight excluding hydrogens is 374 g/mol. The van der Waals surface area contributed by atoms with Gasteiger partial charge in [-0.3, -0.25) is 9.69 Å². The van der Waals surface area contributed by atoms with Crippen molar-refractivity contribution in [2.45, 2.75) is 24.9 Å². The first-order valence-corrected chi connectivity index (χ1v) is 9.46. The van der Waals surface area contributed by atoms with Crippen LogP contribution >= 0.6 is 0 Å². The van der Waals surface area contributed by atoms with Gasteiger partial charge in [-0.2, -0.15) is 0 Å². The van der Waals surface area contributed by atoms with E-state index in [9.17, 15) is 9.90 Å². The summed E-state index contributed by atoms with van der Waals surface area (Å²) in [6, 6.07) is 10.1. The monoisotopic (exact) mass is 401 g/mol. The Balaban J connectivity index is 2.22. The molecule has 2 unspecified atom stereocenters. The summed E-state index contributed by atoms with van der Waals surface area (Å²) < 4.78 is 22.0. The standard InChI is InChI=1S/C22H27NO6/c1-26-14-8-10-19(28-3)17(12-14)21(23-11-5-6-18(23)22(24)25)16-9-7-15(27-2)13-20(16)29-4/h7-10,12-13,18,21H,5-6,11H2,1-4H3,(H,24,25). The minimum absolute atomic E-state index is 0.385. The van der Waals surface area contributed by atoms with Crippen molar-refractivity contribution >= 4 is 5.97 Å². The molecule has 29 heavy (non-hydrogen) atoms. The van der Waals surface area contributed by atoms with E-state index in [-0.39, 0.29) is 6.04 Å². The molecular formula is C22H27NO6. The SMILES string of the molecule is COc1ccc(C(c2cc(OC)ccc2OC)N2CCCC2C(=O)O)c(OC)c1. The first kappa shape index (κ1) is 20.8. The van der Waals surface area contributed by atoms with Gasteiger partial charge in [-0.15, -0.1) is 0 Å². The summed E-state index contributed by atoms with van der Waals surface area (Å²) in [5.41, 5.74) is 1.66. The number of hydrogen-bond donors (Lipinski definition) is 1. The first-order valence-electron chi connectivity index (χ1n) is 9.46. The van der Waals surface area contributed by atoms with Gasteiger partial charge in [-0.25, -0.2) is 0 Å². The normalized spacial score (nSPS) is 17.6. The molecule has 7 nitrogen and oxygen atoms in total. The third kappa shape index (κ3) is 4.10. The van der Waals surface area contributed by atoms with E-state index in [0.29, 0.717) is 36.0 Å². The van der Waals surface area contributed by atoms with E-state index in [2.05, 4.69) is 0 Å². The van der Waals surface area contributed by atoms with Gasteiger partial charge in [0.05, 0.1) is 34.5 Å². The van der Waals surface area contributed by atoms with Crippen LogP contribution in [-0.2, 0) is 4.79 Å². The molecule has 0 aromatic heterocycles. The quantitative estimate of drug-likeness (QED) is 0.727. The Bertz CT molecular complexity index is 868. The van der Waals surface area contributed by atoms with Crippen molar-refractivity contribution in [3.63, 3.8) is 0 Å². The van der Waals surface area contributed by atoms with E-state index in [1.54, 1.807) is 34.5 Å². The third-order valence-corrected chi connectivity index (χ3v) is 5.38. The maximum absolute atomic E-state index is 12.0. The van der Waals surface area contributed by atoms with E-state index in [1.807, 2.05) is 35.2 Å². The minimum Gasteiger partial charge on any atom is -0.497 e. The molecule has 2 aromatic carbocycles. The average Bonchev–Trinajstić information content (AvgIpc) is 3.23. The highest BCUT2D eigenvalue weighted by atomic mass is 16.5. The second kappa shape index (κ2) is 9.05. The lowest BCUT2D eigenvalue weighted by Gasteiger charge is -2.33. The summed E-state index contributed by atoms with van der Waals surface area (Å²) in [7, 11) is 6.39. The predicted octanol–water partition coefficient (Wildman–Crippen LogP) is 3.36. The summed E-state index contributed by atoms with van der Waals surface area (Å²) in [6.45, 7) is 0.650. The summed E-state index contributed by atoms with van der Waals surface area (Å²) in [4.78, 5) is 14.0. The molecule has 1 saturated heterocycles. The van der Waals surface area contributed by atoms with E-state index < -0.39 is 12.0 Å². The van der Waals surface area contributed by atoms with Gasteiger partial charge in [-0.1, -0.05) is 0 Å². The van der Waals surface area contributed by atoms with Crippen molar-refractivity contribution in [2.24, 2.45) is 0 Å². The van der Waals surface area contributed by atoms with Crippen LogP contribution in [0, 0.1) is 0 Å². The Morgan fingerprint density at radius 3 is 2.21 bits per heavy atom. The Hall–Kier alpha value is -2.93. The fraction of sp³-hybridized carbons (Fsp3) is 0.409. The van der Waals surface area contributed by atoms with E-state index >= 15 is 0 Å². The molecule has 0 radical (unpaired) electrons. The van der Waals surface area contributed by atoms with Gasteiger partial charge in [0.25, 0.3) is 0 Å². The van der Waals surface area contributed by atoms with Gasteiger partial charge in [-0.05, 0) is 43.2 Å². The van der Waals surface area contributed by atoms with Gasteiger partial charge < -0.3 is 24.1 Å². The number of likely N-dealkylation sites (tertiary alicyclic amines) is 1. The van der Waals surface area contributed by atoms with Gasteiger partial charge in [0, 0.05) is 23.7 Å². The van der Waals surface area contributed by atoms with Crippen LogP contribution in [0.4, 0.5) is 0 Å². The smallest absolute Gasteiger partial charge is 0.320 e. The van der Waals surface area contributed by atoms with Gasteiger partial charge in [0.1, 0.15) is 29.0 Å². The van der Waals surface area contributed by atoms with Crippen LogP contribution in [0.5, 0.6) is 23.0 Å². The van der Waals surface area contributed by atoms with Crippen LogP contribution in [0.25, 0.3) is 0 Å². The Labute approximate surface area is 170 Å². The highest BCUT2D eigenvalue weighted by molar-refractivity contribution is 5.74. The average molecular weight is 401 g/mol. The van der Waals surface area contributed by atoms with E-state index in [1.165, 1.54) is 0 Å². The van der Waals surface area contributed by atoms with Gasteiger partial charge >= 0.3 is 5.97 Å². The summed E-state index contributed by atoms with van der Waals surface area (Å²) in [5.74, 6) is 1.78. The lowest BCUT2D eigenvalue weighted by Crippen LogP contribution is -2.39. The third-order valence-electron chi connectivity index (χ3n) is 5.38. The van der Waals surface area contributed by atoms with Crippen LogP contribution in [0.1, 0.15) is 30.0 Å². The highest BCUT2D eigenvalue weighted by Gasteiger charge is 2.39. The Kier molecular flexibility index (Phi) is 6.49. The number of carboxylic acid groups (broad SMARTS) is 1. The molecule has 2 atom stereocenters. The van der Waals surface area contributed by atoms with E-state index in [0.717, 1.165) is 17.5 Å². The zero-order chi connectivity index (χ0) is 21.0. The van der Waals surface area contributed by atoms with Crippen molar-refractivity contribution in [1.82, 2.24) is 4.90 Å². The number of hydrogen-bond acceptors (Lipinski definition) is 6. The molecule has 1 heterocycles. The summed E-state index contributed by atoms with van der Waals surface area (Å²) >= 11 is 0. The lowest BCUT2D eigenvalue weighted by atomic mass is 9.94. The number of methoxy groups -OCH3 is 4. The number of aliphatic carboxylic acids is 1. The largest absolute Gasteiger partial charge is 0.497 e. The summed E-state index contributed by atoms with van der Waals surface area (Å²) in [6.07, 6.45) is 1.40. The molecule has 1 aliphatic heterocycles. The lowest BCUT2D eigenvalue weighted by molar-refractivity contribution is -0.142. The second-order valence-electron chi connectivity index (χ2n) is 6.85. The number of nitrogens with zero attached hydrogens (tertiary/aromatic N) is 1. The Morgan fingerprint density at radius 1 is 0.931 bits per heavy atom. The molecule has 156 valence electrons. The number of ether oxygens (including phenoxy) is 4. The van der Waals surface area contributed by atoms with Gasteiger partial charge in [0.2, 0.25) is 0 Å². The maximum Gasteiger partial charge on any atom is 0.320 e. The van der Waals surface area contributed by atoms with E-state index in [4.69, 9.17) is 18.9 Å². The molecule has 3 rings (SSSR count). The maximum atomic E-state index is 12.0. The van der Waals surface area contributed by atoms with Crippen molar-refractivity contribution in [2.75, 3.05) is 35.0 Å². The molecule has 0 saturated carbocycles. The van der Waals surface area contributed by atoms with Crippen molar-refractivity contribution in [3.05, 3.63) is 47.5 Å². The van der Waals surface area contributed by atoms with Crippen LogP contribution in [0.15, 0.2) is 36.4 Å². The first-order chi connectivity index (χ1) is 14.0.